The van der Waals surface area contributed by atoms with Crippen molar-refractivity contribution in [3.63, 3.8) is 0 Å². The number of anilines is 1. The first-order chi connectivity index (χ1) is 15.8. The van der Waals surface area contributed by atoms with E-state index in [0.717, 1.165) is 17.7 Å². The van der Waals surface area contributed by atoms with Crippen LogP contribution >= 0.6 is 11.6 Å². The van der Waals surface area contributed by atoms with Gasteiger partial charge in [-0.2, -0.15) is 5.26 Å². The smallest absolute Gasteiger partial charge is 0.338 e. The van der Waals surface area contributed by atoms with E-state index in [9.17, 15) is 25.0 Å². The van der Waals surface area contributed by atoms with Crippen molar-refractivity contribution in [1.82, 2.24) is 0 Å². The first-order valence-electron chi connectivity index (χ1n) is 9.86. The zero-order chi connectivity index (χ0) is 24.0. The molecule has 0 spiro atoms. The molecule has 0 aliphatic rings. The molecule has 9 heteroatoms. The molecule has 0 bridgehead atoms. The summed E-state index contributed by atoms with van der Waals surface area (Å²) in [5.41, 5.74) is 1.06. The molecule has 0 aliphatic carbocycles. The molecular formula is C24H18ClN3O5. The van der Waals surface area contributed by atoms with E-state index < -0.39 is 28.4 Å². The van der Waals surface area contributed by atoms with Crippen LogP contribution < -0.4 is 5.32 Å². The summed E-state index contributed by atoms with van der Waals surface area (Å²) in [5.74, 6) is -2.04. The average Bonchev–Trinajstić information content (AvgIpc) is 2.81. The van der Waals surface area contributed by atoms with Gasteiger partial charge < -0.3 is 10.1 Å². The number of benzene rings is 3. The average molecular weight is 464 g/mol. The summed E-state index contributed by atoms with van der Waals surface area (Å²) >= 11 is 6.40. The van der Waals surface area contributed by atoms with Crippen LogP contribution in [0.15, 0.2) is 66.7 Å². The van der Waals surface area contributed by atoms with Gasteiger partial charge in [-0.05, 0) is 36.2 Å². The summed E-state index contributed by atoms with van der Waals surface area (Å²) in [5, 5.41) is 23.7. The van der Waals surface area contributed by atoms with Gasteiger partial charge in [-0.3, -0.25) is 14.9 Å². The predicted octanol–water partition coefficient (Wildman–Crippen LogP) is 5.33. The number of nitro benzene ring substituents is 1. The van der Waals surface area contributed by atoms with Crippen molar-refractivity contribution in [2.45, 2.75) is 12.8 Å². The third kappa shape index (κ3) is 5.53. The van der Waals surface area contributed by atoms with Gasteiger partial charge >= 0.3 is 5.97 Å². The molecule has 3 aromatic rings. The zero-order valence-corrected chi connectivity index (χ0v) is 18.2. The monoisotopic (exact) mass is 463 g/mol. The summed E-state index contributed by atoms with van der Waals surface area (Å²) in [4.78, 5) is 35.3. The lowest BCUT2D eigenvalue weighted by molar-refractivity contribution is -0.384. The highest BCUT2D eigenvalue weighted by Gasteiger charge is 2.20. The molecule has 0 radical (unpaired) electrons. The van der Waals surface area contributed by atoms with Crippen molar-refractivity contribution in [2.75, 3.05) is 11.9 Å². The zero-order valence-electron chi connectivity index (χ0n) is 17.4. The molecule has 33 heavy (non-hydrogen) atoms. The fourth-order valence-electron chi connectivity index (χ4n) is 3.19. The quantitative estimate of drug-likeness (QED) is 0.287. The molecule has 3 aromatic carbocycles. The SMILES string of the molecule is CCOC(=O)c1cc(C(=O)Nc2ccc(C(C#N)c3ccccc3)c(Cl)c2)cc([N+](=O)[O-])c1. The molecule has 0 fully saturated rings. The Labute approximate surface area is 194 Å². The van der Waals surface area contributed by atoms with Gasteiger partial charge in [0.2, 0.25) is 0 Å². The Balaban J connectivity index is 1.87. The predicted molar refractivity (Wildman–Crippen MR) is 122 cm³/mol. The molecule has 166 valence electrons. The number of amides is 1. The van der Waals surface area contributed by atoms with E-state index >= 15 is 0 Å². The van der Waals surface area contributed by atoms with Crippen molar-refractivity contribution in [1.29, 1.82) is 5.26 Å². The standard InChI is InChI=1S/C24H18ClN3O5/c1-2-33-24(30)17-10-16(11-19(12-17)28(31)32)23(29)27-18-8-9-20(22(25)13-18)21(14-26)15-6-4-3-5-7-15/h3-13,21H,2H2,1H3,(H,27,29). The first kappa shape index (κ1) is 23.4. The van der Waals surface area contributed by atoms with Crippen molar-refractivity contribution in [3.8, 4) is 6.07 Å². The Morgan fingerprint density at radius 2 is 1.82 bits per heavy atom. The highest BCUT2D eigenvalue weighted by molar-refractivity contribution is 6.32. The summed E-state index contributed by atoms with van der Waals surface area (Å²) in [6.45, 7) is 1.69. The van der Waals surface area contributed by atoms with Gasteiger partial charge in [0, 0.05) is 28.4 Å². The largest absolute Gasteiger partial charge is 0.462 e. The number of hydrogen-bond donors (Lipinski definition) is 1. The Hall–Kier alpha value is -4.22. The van der Waals surface area contributed by atoms with Crippen LogP contribution in [0.3, 0.4) is 0 Å². The summed E-state index contributed by atoms with van der Waals surface area (Å²) < 4.78 is 4.88. The number of carbonyl (C=O) groups is 2. The van der Waals surface area contributed by atoms with Crippen LogP contribution in [0.2, 0.25) is 5.02 Å². The van der Waals surface area contributed by atoms with Gasteiger partial charge in [-0.25, -0.2) is 4.79 Å². The number of non-ortho nitro benzene ring substituents is 1. The van der Waals surface area contributed by atoms with Crippen LogP contribution in [0, 0.1) is 21.4 Å². The van der Waals surface area contributed by atoms with Crippen LogP contribution in [0.4, 0.5) is 11.4 Å². The molecule has 3 rings (SSSR count). The molecule has 8 nitrogen and oxygen atoms in total. The van der Waals surface area contributed by atoms with Gasteiger partial charge in [-0.1, -0.05) is 48.0 Å². The van der Waals surface area contributed by atoms with Crippen molar-refractivity contribution < 1.29 is 19.2 Å². The summed E-state index contributed by atoms with van der Waals surface area (Å²) in [6.07, 6.45) is 0. The number of nitro groups is 1. The first-order valence-corrected chi connectivity index (χ1v) is 10.2. The highest BCUT2D eigenvalue weighted by Crippen LogP contribution is 2.32. The molecule has 0 heterocycles. The Morgan fingerprint density at radius 3 is 2.42 bits per heavy atom. The number of nitrogens with one attached hydrogen (secondary N) is 1. The third-order valence-electron chi connectivity index (χ3n) is 4.73. The lowest BCUT2D eigenvalue weighted by Crippen LogP contribution is -2.14. The third-order valence-corrected chi connectivity index (χ3v) is 5.06. The molecule has 1 N–H and O–H groups in total. The molecule has 0 saturated carbocycles. The molecule has 0 saturated heterocycles. The number of nitrogens with zero attached hydrogens (tertiary/aromatic N) is 2. The van der Waals surface area contributed by atoms with Crippen LogP contribution in [-0.4, -0.2) is 23.4 Å². The summed E-state index contributed by atoms with van der Waals surface area (Å²) in [6, 6.07) is 19.4. The minimum atomic E-state index is -0.772. The van der Waals surface area contributed by atoms with Crippen LogP contribution in [0.5, 0.6) is 0 Å². The second kappa shape index (κ2) is 10.4. The topological polar surface area (TPSA) is 122 Å². The minimum absolute atomic E-state index is 0.0839. The second-order valence-corrected chi connectivity index (χ2v) is 7.32. The number of rotatable bonds is 7. The maximum absolute atomic E-state index is 12.7. The Bertz CT molecular complexity index is 1250. The van der Waals surface area contributed by atoms with Crippen molar-refractivity contribution in [3.05, 3.63) is 104 Å². The number of hydrogen-bond acceptors (Lipinski definition) is 6. The van der Waals surface area contributed by atoms with E-state index in [0.29, 0.717) is 11.3 Å². The fourth-order valence-corrected chi connectivity index (χ4v) is 3.48. The maximum atomic E-state index is 12.7. The summed E-state index contributed by atoms with van der Waals surface area (Å²) in [7, 11) is 0. The lowest BCUT2D eigenvalue weighted by atomic mass is 9.92. The fraction of sp³-hybridized carbons (Fsp3) is 0.125. The van der Waals surface area contributed by atoms with Crippen molar-refractivity contribution in [2.24, 2.45) is 0 Å². The van der Waals surface area contributed by atoms with E-state index in [2.05, 4.69) is 11.4 Å². The van der Waals surface area contributed by atoms with E-state index in [1.165, 1.54) is 12.1 Å². The van der Waals surface area contributed by atoms with Crippen molar-refractivity contribution >= 4 is 34.9 Å². The maximum Gasteiger partial charge on any atom is 0.338 e. The molecule has 1 unspecified atom stereocenters. The number of esters is 1. The highest BCUT2D eigenvalue weighted by atomic mass is 35.5. The molecule has 1 atom stereocenters. The Kier molecular flexibility index (Phi) is 7.38. The van der Waals surface area contributed by atoms with E-state index in [4.69, 9.17) is 16.3 Å². The van der Waals surface area contributed by atoms with Gasteiger partial charge in [-0.15, -0.1) is 0 Å². The second-order valence-electron chi connectivity index (χ2n) is 6.91. The minimum Gasteiger partial charge on any atom is -0.462 e. The van der Waals surface area contributed by atoms with E-state index in [-0.39, 0.29) is 22.8 Å². The number of halogens is 1. The normalized spacial score (nSPS) is 11.2. The molecule has 0 aromatic heterocycles. The number of carbonyl (C=O) groups excluding carboxylic acids is 2. The van der Waals surface area contributed by atoms with Crippen LogP contribution in [0.25, 0.3) is 0 Å². The van der Waals surface area contributed by atoms with Gasteiger partial charge in [0.05, 0.1) is 29.1 Å². The van der Waals surface area contributed by atoms with E-state index in [1.54, 1.807) is 19.1 Å². The lowest BCUT2D eigenvalue weighted by Gasteiger charge is -2.14. The molecule has 0 aliphatic heterocycles. The van der Waals surface area contributed by atoms with Crippen LogP contribution in [-0.2, 0) is 4.74 Å². The van der Waals surface area contributed by atoms with Crippen LogP contribution in [0.1, 0.15) is 44.7 Å². The number of ether oxygens (including phenoxy) is 1. The number of nitriles is 1. The molecule has 1 amide bonds. The molecular weight excluding hydrogens is 446 g/mol. The van der Waals surface area contributed by atoms with Gasteiger partial charge in [0.15, 0.2) is 0 Å². The Morgan fingerprint density at radius 1 is 1.12 bits per heavy atom. The van der Waals surface area contributed by atoms with Gasteiger partial charge in [0.1, 0.15) is 0 Å². The van der Waals surface area contributed by atoms with E-state index in [1.807, 2.05) is 30.3 Å². The van der Waals surface area contributed by atoms with Gasteiger partial charge in [0.25, 0.3) is 11.6 Å².